The van der Waals surface area contributed by atoms with E-state index in [1.54, 1.807) is 32.9 Å². The number of nitro benzene ring substituents is 1. The number of nitrogens with one attached hydrogen (secondary N) is 2. The molecule has 10 heteroatoms. The Labute approximate surface area is 183 Å². The summed E-state index contributed by atoms with van der Waals surface area (Å²) >= 11 is 5.81. The van der Waals surface area contributed by atoms with Crippen molar-refractivity contribution in [1.82, 2.24) is 5.32 Å². The van der Waals surface area contributed by atoms with Crippen LogP contribution in [0.3, 0.4) is 0 Å². The molecular formula is C21H22ClN3O6. The van der Waals surface area contributed by atoms with Crippen LogP contribution in [0.2, 0.25) is 5.02 Å². The first-order valence-electron chi connectivity index (χ1n) is 9.36. The molecule has 2 amide bonds. The molecule has 0 radical (unpaired) electrons. The van der Waals surface area contributed by atoms with Crippen LogP contribution in [0.5, 0.6) is 0 Å². The molecule has 0 spiro atoms. The largest absolute Gasteiger partial charge is 0.454 e. The van der Waals surface area contributed by atoms with Gasteiger partial charge in [0.25, 0.3) is 17.5 Å². The van der Waals surface area contributed by atoms with Gasteiger partial charge in [-0.1, -0.05) is 31.5 Å². The zero-order valence-electron chi connectivity index (χ0n) is 17.2. The van der Waals surface area contributed by atoms with Gasteiger partial charge < -0.3 is 15.4 Å². The summed E-state index contributed by atoms with van der Waals surface area (Å²) in [6, 6.07) is 9.40. The standard InChI is InChI=1S/C21H22ClN3O6/c1-12(2)19(24-20(27)14-5-7-15(22)8-6-14)21(28)31-11-18(26)23-16-9-4-13(3)17(10-16)25(29)30/h4-10,12,19H,11H2,1-3H3,(H,23,26)(H,24,27)/t19-/m0/s1. The van der Waals surface area contributed by atoms with Crippen molar-refractivity contribution in [2.75, 3.05) is 11.9 Å². The van der Waals surface area contributed by atoms with E-state index in [1.165, 1.54) is 30.3 Å². The van der Waals surface area contributed by atoms with Gasteiger partial charge in [0.2, 0.25) is 0 Å². The maximum Gasteiger partial charge on any atom is 0.329 e. The molecule has 2 aromatic carbocycles. The van der Waals surface area contributed by atoms with Crippen molar-refractivity contribution in [2.24, 2.45) is 5.92 Å². The van der Waals surface area contributed by atoms with Crippen LogP contribution in [0.4, 0.5) is 11.4 Å². The summed E-state index contributed by atoms with van der Waals surface area (Å²) in [5.41, 5.74) is 0.835. The van der Waals surface area contributed by atoms with E-state index >= 15 is 0 Å². The van der Waals surface area contributed by atoms with Crippen molar-refractivity contribution in [1.29, 1.82) is 0 Å². The third-order valence-electron chi connectivity index (χ3n) is 4.35. The number of carbonyl (C=O) groups excluding carboxylic acids is 3. The van der Waals surface area contributed by atoms with Gasteiger partial charge in [0.15, 0.2) is 6.61 Å². The van der Waals surface area contributed by atoms with Crippen molar-refractivity contribution >= 4 is 40.8 Å². The van der Waals surface area contributed by atoms with Crippen molar-refractivity contribution in [3.05, 3.63) is 68.7 Å². The van der Waals surface area contributed by atoms with Crippen molar-refractivity contribution < 1.29 is 24.0 Å². The number of nitro groups is 1. The lowest BCUT2D eigenvalue weighted by Gasteiger charge is -2.20. The number of ether oxygens (including phenoxy) is 1. The zero-order chi connectivity index (χ0) is 23.1. The first-order chi connectivity index (χ1) is 14.6. The smallest absolute Gasteiger partial charge is 0.329 e. The van der Waals surface area contributed by atoms with Gasteiger partial charge in [-0.05, 0) is 43.2 Å². The van der Waals surface area contributed by atoms with E-state index in [4.69, 9.17) is 16.3 Å². The molecule has 164 valence electrons. The van der Waals surface area contributed by atoms with E-state index in [9.17, 15) is 24.5 Å². The van der Waals surface area contributed by atoms with Gasteiger partial charge in [-0.25, -0.2) is 4.79 Å². The third kappa shape index (κ3) is 6.78. The number of benzene rings is 2. The number of aryl methyl sites for hydroxylation is 1. The SMILES string of the molecule is Cc1ccc(NC(=O)COC(=O)[C@@H](NC(=O)c2ccc(Cl)cc2)C(C)C)cc1[N+](=O)[O-]. The highest BCUT2D eigenvalue weighted by atomic mass is 35.5. The minimum Gasteiger partial charge on any atom is -0.454 e. The molecular weight excluding hydrogens is 426 g/mol. The zero-order valence-corrected chi connectivity index (χ0v) is 17.9. The van der Waals surface area contributed by atoms with Gasteiger partial charge in [-0.15, -0.1) is 0 Å². The number of carbonyl (C=O) groups is 3. The molecule has 0 heterocycles. The number of halogens is 1. The van der Waals surface area contributed by atoms with E-state index in [1.807, 2.05) is 0 Å². The van der Waals surface area contributed by atoms with E-state index in [2.05, 4.69) is 10.6 Å². The molecule has 0 saturated heterocycles. The molecule has 0 fully saturated rings. The maximum atomic E-state index is 12.4. The summed E-state index contributed by atoms with van der Waals surface area (Å²) in [5, 5.41) is 16.5. The van der Waals surface area contributed by atoms with Crippen molar-refractivity contribution in [3.8, 4) is 0 Å². The topological polar surface area (TPSA) is 128 Å². The number of hydrogen-bond donors (Lipinski definition) is 2. The predicted octanol–water partition coefficient (Wildman–Crippen LogP) is 3.49. The van der Waals surface area contributed by atoms with Crippen LogP contribution in [-0.4, -0.2) is 35.4 Å². The minimum atomic E-state index is -0.976. The number of rotatable bonds is 8. The summed E-state index contributed by atoms with van der Waals surface area (Å²) < 4.78 is 5.04. The number of nitrogens with zero attached hydrogens (tertiary/aromatic N) is 1. The second-order valence-corrected chi connectivity index (χ2v) is 7.55. The Morgan fingerprint density at radius 3 is 2.35 bits per heavy atom. The van der Waals surface area contributed by atoms with Gasteiger partial charge in [0.05, 0.1) is 4.92 Å². The number of amides is 2. The number of hydrogen-bond acceptors (Lipinski definition) is 6. The van der Waals surface area contributed by atoms with Gasteiger partial charge in [0, 0.05) is 27.9 Å². The monoisotopic (exact) mass is 447 g/mol. The Morgan fingerprint density at radius 2 is 1.77 bits per heavy atom. The Bertz CT molecular complexity index is 991. The van der Waals surface area contributed by atoms with Gasteiger partial charge in [0.1, 0.15) is 6.04 Å². The van der Waals surface area contributed by atoms with Crippen molar-refractivity contribution in [2.45, 2.75) is 26.8 Å². The van der Waals surface area contributed by atoms with Gasteiger partial charge >= 0.3 is 5.97 Å². The average Bonchev–Trinajstić information content (AvgIpc) is 2.71. The van der Waals surface area contributed by atoms with Crippen molar-refractivity contribution in [3.63, 3.8) is 0 Å². The fraction of sp³-hybridized carbons (Fsp3) is 0.286. The molecule has 0 aliphatic carbocycles. The van der Waals surface area contributed by atoms with Crippen LogP contribution < -0.4 is 10.6 Å². The third-order valence-corrected chi connectivity index (χ3v) is 4.60. The molecule has 1 atom stereocenters. The lowest BCUT2D eigenvalue weighted by Crippen LogP contribution is -2.45. The summed E-state index contributed by atoms with van der Waals surface area (Å²) in [5.74, 6) is -2.23. The highest BCUT2D eigenvalue weighted by Gasteiger charge is 2.27. The Kier molecular flexibility index (Phi) is 8.09. The Balaban J connectivity index is 1.96. The second kappa shape index (κ2) is 10.5. The molecule has 31 heavy (non-hydrogen) atoms. The summed E-state index contributed by atoms with van der Waals surface area (Å²) in [6.07, 6.45) is 0. The summed E-state index contributed by atoms with van der Waals surface area (Å²) in [7, 11) is 0. The molecule has 2 N–H and O–H groups in total. The highest BCUT2D eigenvalue weighted by Crippen LogP contribution is 2.22. The summed E-state index contributed by atoms with van der Waals surface area (Å²) in [6.45, 7) is 4.41. The van der Waals surface area contributed by atoms with E-state index in [0.717, 1.165) is 0 Å². The number of esters is 1. The molecule has 0 aliphatic heterocycles. The second-order valence-electron chi connectivity index (χ2n) is 7.12. The van der Waals surface area contributed by atoms with E-state index in [-0.39, 0.29) is 17.3 Å². The lowest BCUT2D eigenvalue weighted by atomic mass is 10.0. The van der Waals surface area contributed by atoms with Crippen LogP contribution in [0.15, 0.2) is 42.5 Å². The number of anilines is 1. The fourth-order valence-corrected chi connectivity index (χ4v) is 2.76. The molecule has 9 nitrogen and oxygen atoms in total. The first-order valence-corrected chi connectivity index (χ1v) is 9.74. The molecule has 0 aromatic heterocycles. The maximum absolute atomic E-state index is 12.4. The predicted molar refractivity (Wildman–Crippen MR) is 115 cm³/mol. The van der Waals surface area contributed by atoms with E-state index in [0.29, 0.717) is 16.1 Å². The molecule has 2 aromatic rings. The fourth-order valence-electron chi connectivity index (χ4n) is 2.63. The lowest BCUT2D eigenvalue weighted by molar-refractivity contribution is -0.385. The van der Waals surface area contributed by atoms with Crippen LogP contribution in [0.1, 0.15) is 29.8 Å². The summed E-state index contributed by atoms with van der Waals surface area (Å²) in [4.78, 5) is 47.3. The molecule has 0 unspecified atom stereocenters. The van der Waals surface area contributed by atoms with Crippen LogP contribution in [0.25, 0.3) is 0 Å². The molecule has 0 saturated carbocycles. The van der Waals surface area contributed by atoms with Gasteiger partial charge in [-0.3, -0.25) is 19.7 Å². The minimum absolute atomic E-state index is 0.139. The van der Waals surface area contributed by atoms with Crippen LogP contribution >= 0.6 is 11.6 Å². The first kappa shape index (κ1) is 23.8. The van der Waals surface area contributed by atoms with Crippen LogP contribution in [0, 0.1) is 23.0 Å². The molecule has 2 rings (SSSR count). The normalized spacial score (nSPS) is 11.5. The van der Waals surface area contributed by atoms with E-state index < -0.39 is 35.4 Å². The molecule has 0 bridgehead atoms. The quantitative estimate of drug-likeness (QED) is 0.362. The average molecular weight is 448 g/mol. The van der Waals surface area contributed by atoms with Gasteiger partial charge in [-0.2, -0.15) is 0 Å². The molecule has 0 aliphatic rings. The Morgan fingerprint density at radius 1 is 1.13 bits per heavy atom. The Hall–Kier alpha value is -3.46. The highest BCUT2D eigenvalue weighted by molar-refractivity contribution is 6.30. The van der Waals surface area contributed by atoms with Crippen LogP contribution in [-0.2, 0) is 14.3 Å².